The van der Waals surface area contributed by atoms with Crippen molar-refractivity contribution in [2.75, 3.05) is 13.7 Å². The Balaban J connectivity index is 1.47. The second-order valence-electron chi connectivity index (χ2n) is 7.77. The molecule has 9 nitrogen and oxygen atoms in total. The Morgan fingerprint density at radius 1 is 1.21 bits per heavy atom. The van der Waals surface area contributed by atoms with Gasteiger partial charge in [0.1, 0.15) is 11.8 Å². The van der Waals surface area contributed by atoms with Crippen LogP contribution in [0.25, 0.3) is 17.1 Å². The SMILES string of the molecule is COc1cccc(-c2noc(C3CCCN3C(=O)c3cc(C)ccc3-n3nccn3)n2)c1Cl. The van der Waals surface area contributed by atoms with Crippen molar-refractivity contribution in [3.8, 4) is 22.8 Å². The minimum absolute atomic E-state index is 0.132. The first-order valence-electron chi connectivity index (χ1n) is 10.5. The summed E-state index contributed by atoms with van der Waals surface area (Å²) in [5.41, 5.74) is 2.72. The van der Waals surface area contributed by atoms with Crippen LogP contribution in [0.15, 0.2) is 53.3 Å². The van der Waals surface area contributed by atoms with Crippen molar-refractivity contribution in [1.29, 1.82) is 0 Å². The maximum atomic E-state index is 13.6. The maximum Gasteiger partial charge on any atom is 0.256 e. The fraction of sp³-hybridized carbons (Fsp3) is 0.261. The van der Waals surface area contributed by atoms with Gasteiger partial charge in [-0.2, -0.15) is 20.0 Å². The van der Waals surface area contributed by atoms with Gasteiger partial charge < -0.3 is 14.2 Å². The van der Waals surface area contributed by atoms with E-state index in [2.05, 4.69) is 20.3 Å². The molecule has 0 N–H and O–H groups in total. The minimum Gasteiger partial charge on any atom is -0.495 e. The molecule has 0 spiro atoms. The number of likely N-dealkylation sites (tertiary alicyclic amines) is 1. The molecule has 3 heterocycles. The first kappa shape index (κ1) is 21.1. The quantitative estimate of drug-likeness (QED) is 0.435. The lowest BCUT2D eigenvalue weighted by molar-refractivity contribution is 0.0709. The van der Waals surface area contributed by atoms with Crippen LogP contribution in [0.2, 0.25) is 5.02 Å². The lowest BCUT2D eigenvalue weighted by Crippen LogP contribution is -2.31. The van der Waals surface area contributed by atoms with E-state index < -0.39 is 0 Å². The van der Waals surface area contributed by atoms with Gasteiger partial charge in [-0.1, -0.05) is 34.5 Å². The fourth-order valence-electron chi connectivity index (χ4n) is 4.08. The zero-order chi connectivity index (χ0) is 22.9. The van der Waals surface area contributed by atoms with Gasteiger partial charge in [-0.15, -0.1) is 0 Å². The van der Waals surface area contributed by atoms with E-state index in [9.17, 15) is 4.79 Å². The monoisotopic (exact) mass is 464 g/mol. The van der Waals surface area contributed by atoms with Crippen LogP contribution in [0.1, 0.15) is 40.7 Å². The lowest BCUT2D eigenvalue weighted by atomic mass is 10.1. The first-order chi connectivity index (χ1) is 16.1. The van der Waals surface area contributed by atoms with Gasteiger partial charge in [0.05, 0.1) is 35.8 Å². The van der Waals surface area contributed by atoms with Crippen LogP contribution in [0, 0.1) is 6.92 Å². The summed E-state index contributed by atoms with van der Waals surface area (Å²) in [4.78, 5) is 21.4. The smallest absolute Gasteiger partial charge is 0.256 e. The van der Waals surface area contributed by atoms with Crippen LogP contribution in [-0.4, -0.2) is 49.6 Å². The number of ether oxygens (including phenoxy) is 1. The number of hydrogen-bond donors (Lipinski definition) is 0. The molecule has 1 unspecified atom stereocenters. The first-order valence-corrected chi connectivity index (χ1v) is 10.9. The Morgan fingerprint density at radius 2 is 2.03 bits per heavy atom. The molecule has 5 rings (SSSR count). The van der Waals surface area contributed by atoms with E-state index in [4.69, 9.17) is 20.9 Å². The van der Waals surface area contributed by atoms with Gasteiger partial charge in [-0.3, -0.25) is 4.79 Å². The van der Waals surface area contributed by atoms with Gasteiger partial charge >= 0.3 is 0 Å². The molecule has 0 aliphatic carbocycles. The summed E-state index contributed by atoms with van der Waals surface area (Å²) in [6.45, 7) is 2.53. The number of nitrogens with zero attached hydrogens (tertiary/aromatic N) is 6. The number of halogens is 1. The number of benzene rings is 2. The summed E-state index contributed by atoms with van der Waals surface area (Å²) in [6, 6.07) is 10.7. The molecule has 4 aromatic rings. The van der Waals surface area contributed by atoms with Crippen LogP contribution in [0.4, 0.5) is 0 Å². The Labute approximate surface area is 194 Å². The molecule has 1 amide bonds. The molecular weight excluding hydrogens is 444 g/mol. The molecule has 1 fully saturated rings. The summed E-state index contributed by atoms with van der Waals surface area (Å²) < 4.78 is 10.9. The molecule has 2 aromatic carbocycles. The van der Waals surface area contributed by atoms with E-state index in [1.54, 1.807) is 36.5 Å². The Kier molecular flexibility index (Phi) is 5.55. The summed E-state index contributed by atoms with van der Waals surface area (Å²) >= 11 is 6.43. The topological polar surface area (TPSA) is 99.2 Å². The summed E-state index contributed by atoms with van der Waals surface area (Å²) in [5, 5.41) is 12.9. The third-order valence-electron chi connectivity index (χ3n) is 5.68. The van der Waals surface area contributed by atoms with Crippen molar-refractivity contribution in [3.63, 3.8) is 0 Å². The van der Waals surface area contributed by atoms with Gasteiger partial charge in [-0.25, -0.2) is 0 Å². The maximum absolute atomic E-state index is 13.6. The van der Waals surface area contributed by atoms with Crippen LogP contribution in [0.3, 0.4) is 0 Å². The second-order valence-corrected chi connectivity index (χ2v) is 8.15. The van der Waals surface area contributed by atoms with E-state index >= 15 is 0 Å². The number of hydrogen-bond acceptors (Lipinski definition) is 7. The summed E-state index contributed by atoms with van der Waals surface area (Å²) in [6.07, 6.45) is 4.71. The Bertz CT molecular complexity index is 1300. The number of amides is 1. The molecule has 0 bridgehead atoms. The molecule has 1 atom stereocenters. The second kappa shape index (κ2) is 8.67. The minimum atomic E-state index is -0.331. The van der Waals surface area contributed by atoms with E-state index in [0.29, 0.717) is 45.8 Å². The van der Waals surface area contributed by atoms with Crippen LogP contribution in [0.5, 0.6) is 5.75 Å². The predicted molar refractivity (Wildman–Crippen MR) is 120 cm³/mol. The number of aromatic nitrogens is 5. The highest BCUT2D eigenvalue weighted by Gasteiger charge is 2.36. The van der Waals surface area contributed by atoms with Crippen molar-refractivity contribution in [1.82, 2.24) is 30.0 Å². The predicted octanol–water partition coefficient (Wildman–Crippen LogP) is 4.27. The van der Waals surface area contributed by atoms with Crippen molar-refractivity contribution in [2.45, 2.75) is 25.8 Å². The fourth-order valence-corrected chi connectivity index (χ4v) is 4.37. The highest BCUT2D eigenvalue weighted by atomic mass is 35.5. The van der Waals surface area contributed by atoms with Crippen molar-refractivity contribution < 1.29 is 14.1 Å². The van der Waals surface area contributed by atoms with Gasteiger partial charge in [0.25, 0.3) is 5.91 Å². The number of methoxy groups -OCH3 is 1. The number of rotatable bonds is 5. The third kappa shape index (κ3) is 3.84. The van der Waals surface area contributed by atoms with Gasteiger partial charge in [0, 0.05) is 12.1 Å². The molecule has 2 aromatic heterocycles. The standard InChI is InChI=1S/C23H21ClN6O3/c1-14-8-9-17(30-25-10-11-26-30)16(13-14)23(31)29-12-4-6-18(29)22-27-21(28-33-22)15-5-3-7-19(32-2)20(15)24/h3,5,7-11,13,18H,4,6,12H2,1-2H3. The molecule has 10 heteroatoms. The summed E-state index contributed by atoms with van der Waals surface area (Å²) in [5.74, 6) is 1.12. The van der Waals surface area contributed by atoms with E-state index in [0.717, 1.165) is 18.4 Å². The molecule has 1 aliphatic rings. The van der Waals surface area contributed by atoms with Gasteiger partial charge in [0.2, 0.25) is 11.7 Å². The number of carbonyl (C=O) groups is 1. The molecular formula is C23H21ClN6O3. The average Bonchev–Trinajstić information content (AvgIpc) is 3.60. The van der Waals surface area contributed by atoms with Gasteiger partial charge in [-0.05, 0) is 44.0 Å². The van der Waals surface area contributed by atoms with Crippen molar-refractivity contribution in [2.24, 2.45) is 0 Å². The molecule has 0 saturated carbocycles. The molecule has 1 saturated heterocycles. The van der Waals surface area contributed by atoms with E-state index in [1.807, 2.05) is 31.2 Å². The van der Waals surface area contributed by atoms with Crippen molar-refractivity contribution in [3.05, 3.63) is 70.8 Å². The Hall–Kier alpha value is -3.72. The molecule has 33 heavy (non-hydrogen) atoms. The summed E-state index contributed by atoms with van der Waals surface area (Å²) in [7, 11) is 1.55. The highest BCUT2D eigenvalue weighted by molar-refractivity contribution is 6.34. The number of aryl methyl sites for hydroxylation is 1. The highest BCUT2D eigenvalue weighted by Crippen LogP contribution is 2.37. The third-order valence-corrected chi connectivity index (χ3v) is 6.07. The van der Waals surface area contributed by atoms with Crippen LogP contribution < -0.4 is 4.74 Å². The molecule has 168 valence electrons. The van der Waals surface area contributed by atoms with Crippen molar-refractivity contribution >= 4 is 17.5 Å². The van der Waals surface area contributed by atoms with Crippen LogP contribution in [-0.2, 0) is 0 Å². The largest absolute Gasteiger partial charge is 0.495 e. The molecule has 1 aliphatic heterocycles. The number of carbonyl (C=O) groups excluding carboxylic acids is 1. The lowest BCUT2D eigenvalue weighted by Gasteiger charge is -2.23. The average molecular weight is 465 g/mol. The zero-order valence-electron chi connectivity index (χ0n) is 18.1. The Morgan fingerprint density at radius 3 is 2.82 bits per heavy atom. The van der Waals surface area contributed by atoms with E-state index in [1.165, 1.54) is 4.80 Å². The van der Waals surface area contributed by atoms with Gasteiger partial charge in [0.15, 0.2) is 0 Å². The normalized spacial score (nSPS) is 15.7. The zero-order valence-corrected chi connectivity index (χ0v) is 18.9. The van der Waals surface area contributed by atoms with E-state index in [-0.39, 0.29) is 11.9 Å². The molecule has 0 radical (unpaired) electrons. The van der Waals surface area contributed by atoms with Crippen LogP contribution >= 0.6 is 11.6 Å².